The summed E-state index contributed by atoms with van der Waals surface area (Å²) < 4.78 is 16.6. The SMILES string of the molecule is COc1cc(C(=O)CCC(C)(O)c2cc(C(C)(C)NC(=O)OCc3ccccc3)cc(Cl)n2)ccc1OC1CC1. The number of carbonyl (C=O) groups is 2. The predicted octanol–water partition coefficient (Wildman–Crippen LogP) is 6.32. The maximum atomic E-state index is 13.0. The molecule has 2 N–H and O–H groups in total. The molecule has 4 rings (SSSR count). The minimum absolute atomic E-state index is 0.0654. The summed E-state index contributed by atoms with van der Waals surface area (Å²) in [5.41, 5.74) is -0.0887. The second-order valence-corrected chi connectivity index (χ2v) is 11.1. The number of rotatable bonds is 12. The van der Waals surface area contributed by atoms with Gasteiger partial charge in [0, 0.05) is 12.0 Å². The highest BCUT2D eigenvalue weighted by Crippen LogP contribution is 2.35. The lowest BCUT2D eigenvalue weighted by Crippen LogP contribution is -2.41. The maximum Gasteiger partial charge on any atom is 0.408 e. The average molecular weight is 567 g/mol. The van der Waals surface area contributed by atoms with Crippen molar-refractivity contribution in [1.82, 2.24) is 10.3 Å². The van der Waals surface area contributed by atoms with E-state index in [4.69, 9.17) is 25.8 Å². The molecule has 40 heavy (non-hydrogen) atoms. The molecule has 1 atom stereocenters. The average Bonchev–Trinajstić information content (AvgIpc) is 3.75. The zero-order valence-corrected chi connectivity index (χ0v) is 24.0. The van der Waals surface area contributed by atoms with Crippen LogP contribution in [-0.2, 0) is 22.5 Å². The number of ether oxygens (including phenoxy) is 3. The molecule has 1 aromatic heterocycles. The van der Waals surface area contributed by atoms with E-state index in [1.807, 2.05) is 30.3 Å². The smallest absolute Gasteiger partial charge is 0.408 e. The fourth-order valence-electron chi connectivity index (χ4n) is 4.15. The van der Waals surface area contributed by atoms with Crippen molar-refractivity contribution in [2.45, 2.75) is 70.3 Å². The molecule has 0 aliphatic heterocycles. The summed E-state index contributed by atoms with van der Waals surface area (Å²) in [5, 5.41) is 14.3. The minimum Gasteiger partial charge on any atom is -0.493 e. The molecule has 1 saturated carbocycles. The number of aromatic nitrogens is 1. The van der Waals surface area contributed by atoms with Gasteiger partial charge in [-0.25, -0.2) is 9.78 Å². The summed E-state index contributed by atoms with van der Waals surface area (Å²) in [5.74, 6) is 0.967. The zero-order valence-electron chi connectivity index (χ0n) is 23.2. The number of nitrogens with one attached hydrogen (secondary N) is 1. The Morgan fingerprint density at radius 1 is 1.05 bits per heavy atom. The summed E-state index contributed by atoms with van der Waals surface area (Å²) in [6.45, 7) is 5.32. The van der Waals surface area contributed by atoms with E-state index >= 15 is 0 Å². The number of ketones is 1. The first-order valence-electron chi connectivity index (χ1n) is 13.2. The third-order valence-corrected chi connectivity index (χ3v) is 7.03. The van der Waals surface area contributed by atoms with E-state index in [0.29, 0.717) is 28.3 Å². The first-order chi connectivity index (χ1) is 19.0. The number of benzene rings is 2. The van der Waals surface area contributed by atoms with Crippen LogP contribution in [0.4, 0.5) is 4.79 Å². The highest BCUT2D eigenvalue weighted by molar-refractivity contribution is 6.29. The van der Waals surface area contributed by atoms with Gasteiger partial charge in [0.15, 0.2) is 17.3 Å². The van der Waals surface area contributed by atoms with Gasteiger partial charge in [0.05, 0.1) is 24.4 Å². The third kappa shape index (κ3) is 7.73. The molecule has 1 fully saturated rings. The molecule has 1 unspecified atom stereocenters. The van der Waals surface area contributed by atoms with Gasteiger partial charge in [0.2, 0.25) is 0 Å². The Morgan fingerprint density at radius 2 is 1.77 bits per heavy atom. The molecule has 0 bridgehead atoms. The van der Waals surface area contributed by atoms with Crippen LogP contribution >= 0.6 is 11.6 Å². The molecule has 1 aliphatic carbocycles. The number of amides is 1. The Bertz CT molecular complexity index is 1360. The van der Waals surface area contributed by atoms with Crippen LogP contribution in [0.1, 0.15) is 73.6 Å². The number of alkyl carbamates (subject to hydrolysis) is 1. The van der Waals surface area contributed by atoms with Crippen molar-refractivity contribution >= 4 is 23.5 Å². The Hall–Kier alpha value is -3.62. The highest BCUT2D eigenvalue weighted by Gasteiger charge is 2.31. The van der Waals surface area contributed by atoms with Crippen LogP contribution in [-0.4, -0.2) is 35.2 Å². The van der Waals surface area contributed by atoms with Gasteiger partial charge < -0.3 is 24.6 Å². The second-order valence-electron chi connectivity index (χ2n) is 10.8. The van der Waals surface area contributed by atoms with Crippen molar-refractivity contribution in [1.29, 1.82) is 0 Å². The molecular formula is C31H35ClN2O6. The molecule has 8 nitrogen and oxygen atoms in total. The molecule has 1 amide bonds. The number of hydrogen-bond acceptors (Lipinski definition) is 7. The number of hydrogen-bond donors (Lipinski definition) is 2. The lowest BCUT2D eigenvalue weighted by atomic mass is 9.88. The molecule has 0 spiro atoms. The van der Waals surface area contributed by atoms with E-state index in [0.717, 1.165) is 18.4 Å². The molecule has 1 aliphatic rings. The summed E-state index contributed by atoms with van der Waals surface area (Å²) in [6, 6.07) is 17.8. The van der Waals surface area contributed by atoms with Crippen LogP contribution in [0, 0.1) is 0 Å². The largest absolute Gasteiger partial charge is 0.493 e. The number of carbonyl (C=O) groups excluding carboxylic acids is 2. The Labute approximate surface area is 239 Å². The molecule has 1 heterocycles. The number of methoxy groups -OCH3 is 1. The van der Waals surface area contributed by atoms with E-state index in [1.165, 1.54) is 7.11 Å². The fourth-order valence-corrected chi connectivity index (χ4v) is 4.36. The number of aliphatic hydroxyl groups is 1. The van der Waals surface area contributed by atoms with Crippen molar-refractivity contribution in [3.8, 4) is 11.5 Å². The van der Waals surface area contributed by atoms with Crippen molar-refractivity contribution < 1.29 is 28.9 Å². The van der Waals surface area contributed by atoms with Gasteiger partial charge in [-0.15, -0.1) is 0 Å². The Balaban J connectivity index is 1.41. The quantitative estimate of drug-likeness (QED) is 0.195. The maximum absolute atomic E-state index is 13.0. The topological polar surface area (TPSA) is 107 Å². The normalized spacial score (nSPS) is 14.7. The fraction of sp³-hybridized carbons (Fsp3) is 0.387. The summed E-state index contributed by atoms with van der Waals surface area (Å²) in [4.78, 5) is 29.8. The van der Waals surface area contributed by atoms with Crippen molar-refractivity contribution in [2.75, 3.05) is 7.11 Å². The van der Waals surface area contributed by atoms with E-state index in [9.17, 15) is 14.7 Å². The molecule has 0 radical (unpaired) electrons. The van der Waals surface area contributed by atoms with Crippen LogP contribution in [0.5, 0.6) is 11.5 Å². The van der Waals surface area contributed by atoms with Crippen LogP contribution in [0.2, 0.25) is 5.15 Å². The third-order valence-electron chi connectivity index (χ3n) is 6.84. The Kier molecular flexibility index (Phi) is 9.01. The number of Topliss-reactive ketones (excluding diaryl/α,β-unsaturated/α-hetero) is 1. The van der Waals surface area contributed by atoms with Gasteiger partial charge in [-0.1, -0.05) is 41.9 Å². The monoisotopic (exact) mass is 566 g/mol. The van der Waals surface area contributed by atoms with Gasteiger partial charge >= 0.3 is 6.09 Å². The van der Waals surface area contributed by atoms with Gasteiger partial charge in [0.25, 0.3) is 0 Å². The Morgan fingerprint density at radius 3 is 2.45 bits per heavy atom. The van der Waals surface area contributed by atoms with Crippen molar-refractivity contribution in [3.05, 3.63) is 88.2 Å². The molecule has 3 aromatic rings. The van der Waals surface area contributed by atoms with Crippen LogP contribution in [0.25, 0.3) is 0 Å². The lowest BCUT2D eigenvalue weighted by molar-refractivity contribution is 0.0395. The van der Waals surface area contributed by atoms with E-state index in [-0.39, 0.29) is 36.5 Å². The first-order valence-corrected chi connectivity index (χ1v) is 13.6. The van der Waals surface area contributed by atoms with E-state index < -0.39 is 17.2 Å². The van der Waals surface area contributed by atoms with Crippen LogP contribution in [0.15, 0.2) is 60.7 Å². The minimum atomic E-state index is -1.46. The zero-order chi connectivity index (χ0) is 28.9. The molecule has 2 aromatic carbocycles. The van der Waals surface area contributed by atoms with E-state index in [1.54, 1.807) is 51.1 Å². The number of nitrogens with zero attached hydrogens (tertiary/aromatic N) is 1. The summed E-state index contributed by atoms with van der Waals surface area (Å²) >= 11 is 6.33. The lowest BCUT2D eigenvalue weighted by Gasteiger charge is -2.29. The standard InChI is InChI=1S/C31H35ClN2O6/c1-30(2,34-29(36)39-19-20-8-6-5-7-9-20)22-17-27(33-28(32)18-22)31(3,37)15-14-24(35)21-10-13-25(26(16-21)38-4)40-23-11-12-23/h5-10,13,16-18,23,37H,11-12,14-15,19H2,1-4H3,(H,34,36). The number of halogens is 1. The van der Waals surface area contributed by atoms with Crippen LogP contribution in [0.3, 0.4) is 0 Å². The molecule has 9 heteroatoms. The van der Waals surface area contributed by atoms with Crippen LogP contribution < -0.4 is 14.8 Å². The molecule has 0 saturated heterocycles. The predicted molar refractivity (Wildman–Crippen MR) is 152 cm³/mol. The first kappa shape index (κ1) is 29.4. The molecule has 212 valence electrons. The van der Waals surface area contributed by atoms with Gasteiger partial charge in [-0.05, 0) is 81.5 Å². The van der Waals surface area contributed by atoms with Crippen molar-refractivity contribution in [3.63, 3.8) is 0 Å². The summed E-state index contributed by atoms with van der Waals surface area (Å²) in [7, 11) is 1.54. The van der Waals surface area contributed by atoms with Gasteiger partial charge in [0.1, 0.15) is 17.4 Å². The van der Waals surface area contributed by atoms with Gasteiger partial charge in [-0.3, -0.25) is 4.79 Å². The highest BCUT2D eigenvalue weighted by atomic mass is 35.5. The molecular weight excluding hydrogens is 532 g/mol. The number of pyridine rings is 1. The van der Waals surface area contributed by atoms with E-state index in [2.05, 4.69) is 10.3 Å². The summed E-state index contributed by atoms with van der Waals surface area (Å²) in [6.07, 6.45) is 1.82. The second kappa shape index (κ2) is 12.3. The van der Waals surface area contributed by atoms with Crippen molar-refractivity contribution in [2.24, 2.45) is 0 Å². The van der Waals surface area contributed by atoms with Gasteiger partial charge in [-0.2, -0.15) is 0 Å².